The molecular weight excluding hydrogens is 502 g/mol. The van der Waals surface area contributed by atoms with E-state index in [-0.39, 0.29) is 0 Å². The molecule has 0 aliphatic carbocycles. The van der Waals surface area contributed by atoms with Crippen molar-refractivity contribution in [3.63, 3.8) is 0 Å². The summed E-state index contributed by atoms with van der Waals surface area (Å²) in [4.78, 5) is 9.27. The second kappa shape index (κ2) is 9.28. The van der Waals surface area contributed by atoms with Crippen LogP contribution in [0.4, 0.5) is 0 Å². The molecular formula is C36H26N5+. The Morgan fingerprint density at radius 3 is 1.90 bits per heavy atom. The quantitative estimate of drug-likeness (QED) is 0.174. The van der Waals surface area contributed by atoms with Gasteiger partial charge in [-0.25, -0.2) is 14.1 Å². The van der Waals surface area contributed by atoms with Gasteiger partial charge in [-0.05, 0) is 46.2 Å². The maximum absolute atomic E-state index is 5.05. The van der Waals surface area contributed by atoms with Gasteiger partial charge in [0.2, 0.25) is 6.33 Å². The van der Waals surface area contributed by atoms with Gasteiger partial charge in [0.1, 0.15) is 23.9 Å². The number of nitrogens with zero attached hydrogens (tertiary/aromatic N) is 5. The van der Waals surface area contributed by atoms with E-state index in [0.717, 1.165) is 28.1 Å². The molecule has 0 fully saturated rings. The van der Waals surface area contributed by atoms with Crippen molar-refractivity contribution < 1.29 is 4.57 Å². The van der Waals surface area contributed by atoms with Crippen LogP contribution in [-0.4, -0.2) is 19.1 Å². The van der Waals surface area contributed by atoms with Crippen LogP contribution in [0.25, 0.3) is 66.5 Å². The first-order chi connectivity index (χ1) is 20.3. The monoisotopic (exact) mass is 528 g/mol. The van der Waals surface area contributed by atoms with E-state index in [0.29, 0.717) is 0 Å². The zero-order valence-electron chi connectivity index (χ0n) is 22.5. The lowest BCUT2D eigenvalue weighted by molar-refractivity contribution is -0.670. The number of para-hydroxylation sites is 2. The Bertz CT molecular complexity index is 2150. The third-order valence-electron chi connectivity index (χ3n) is 7.84. The summed E-state index contributed by atoms with van der Waals surface area (Å²) in [6, 6.07) is 38.6. The maximum atomic E-state index is 5.05. The summed E-state index contributed by atoms with van der Waals surface area (Å²) in [6.45, 7) is 0. The normalized spacial score (nSPS) is 11.5. The Morgan fingerprint density at radius 1 is 0.634 bits per heavy atom. The predicted molar refractivity (Wildman–Crippen MR) is 165 cm³/mol. The Kier molecular flexibility index (Phi) is 5.28. The van der Waals surface area contributed by atoms with E-state index < -0.39 is 0 Å². The number of hydrogen-bond donors (Lipinski definition) is 0. The largest absolute Gasteiger partial charge is 0.292 e. The fraction of sp³-hybridized carbons (Fsp3) is 0.0278. The summed E-state index contributed by atoms with van der Waals surface area (Å²) in [5, 5.41) is 4.91. The van der Waals surface area contributed by atoms with E-state index in [1.807, 2.05) is 30.6 Å². The van der Waals surface area contributed by atoms with Gasteiger partial charge in [-0.3, -0.25) is 9.55 Å². The Balaban J connectivity index is 1.34. The first-order valence-corrected chi connectivity index (χ1v) is 13.7. The highest BCUT2D eigenvalue weighted by molar-refractivity contribution is 6.18. The van der Waals surface area contributed by atoms with E-state index in [2.05, 4.69) is 135 Å². The molecule has 0 spiro atoms. The van der Waals surface area contributed by atoms with E-state index in [4.69, 9.17) is 4.98 Å². The molecule has 0 amide bonds. The minimum absolute atomic E-state index is 0.912. The van der Waals surface area contributed by atoms with Crippen LogP contribution in [0.5, 0.6) is 0 Å². The van der Waals surface area contributed by atoms with E-state index in [1.54, 1.807) is 0 Å². The average Bonchev–Trinajstić information content (AvgIpc) is 3.64. The summed E-state index contributed by atoms with van der Waals surface area (Å²) in [7, 11) is 2.06. The molecule has 0 saturated heterocycles. The number of benzene rings is 5. The van der Waals surface area contributed by atoms with Crippen LogP contribution < -0.4 is 4.57 Å². The van der Waals surface area contributed by atoms with Gasteiger partial charge in [0, 0.05) is 28.7 Å². The lowest BCUT2D eigenvalue weighted by atomic mass is 9.90. The van der Waals surface area contributed by atoms with Gasteiger partial charge < -0.3 is 0 Å². The van der Waals surface area contributed by atoms with Gasteiger partial charge in [-0.2, -0.15) is 0 Å². The van der Waals surface area contributed by atoms with Crippen LogP contribution in [0.15, 0.2) is 140 Å². The van der Waals surface area contributed by atoms with Crippen molar-refractivity contribution in [2.75, 3.05) is 0 Å². The summed E-state index contributed by atoms with van der Waals surface area (Å²) in [5.74, 6) is 0.912. The van der Waals surface area contributed by atoms with E-state index in [9.17, 15) is 0 Å². The molecule has 0 atom stereocenters. The van der Waals surface area contributed by atoms with Crippen molar-refractivity contribution in [2.24, 2.45) is 7.05 Å². The summed E-state index contributed by atoms with van der Waals surface area (Å²) in [6.07, 6.45) is 9.97. The molecule has 0 aliphatic rings. The van der Waals surface area contributed by atoms with Crippen molar-refractivity contribution in [3.8, 4) is 33.9 Å². The number of fused-ring (bicyclic) bond motifs is 3. The average molecular weight is 529 g/mol. The van der Waals surface area contributed by atoms with Crippen LogP contribution in [0, 0.1) is 0 Å². The van der Waals surface area contributed by atoms with Gasteiger partial charge in [0.05, 0.1) is 23.8 Å². The van der Waals surface area contributed by atoms with Gasteiger partial charge in [-0.15, -0.1) is 0 Å². The van der Waals surface area contributed by atoms with Crippen LogP contribution in [-0.2, 0) is 7.05 Å². The smallest absolute Gasteiger partial charge is 0.248 e. The predicted octanol–water partition coefficient (Wildman–Crippen LogP) is 7.68. The maximum Gasteiger partial charge on any atom is 0.248 e. The van der Waals surface area contributed by atoms with Crippen LogP contribution in [0.1, 0.15) is 0 Å². The molecule has 0 N–H and O–H groups in total. The molecule has 0 saturated carbocycles. The second-order valence-corrected chi connectivity index (χ2v) is 10.3. The third kappa shape index (κ3) is 3.74. The lowest BCUT2D eigenvalue weighted by Crippen LogP contribution is -2.23. The topological polar surface area (TPSA) is 39.5 Å². The molecule has 3 aromatic heterocycles. The zero-order valence-corrected chi connectivity index (χ0v) is 22.5. The number of aromatic nitrogens is 5. The standard InChI is InChI=1S/C36H26N5/c1-39-22-23-40(24-39)35-30-10-4-2-8-28(30)34(29-9-3-5-11-31(29)35)25-14-16-26(17-15-25)36-38-32-12-6-7-13-33(32)41(36)27-18-20-37-21-19-27/h2-24H,1H3/q+1. The molecule has 5 heteroatoms. The number of rotatable bonds is 4. The molecule has 0 unspecified atom stereocenters. The third-order valence-corrected chi connectivity index (χ3v) is 7.84. The molecule has 3 heterocycles. The number of imidazole rings is 2. The highest BCUT2D eigenvalue weighted by Gasteiger charge is 2.20. The van der Waals surface area contributed by atoms with Crippen LogP contribution in [0.3, 0.4) is 0 Å². The minimum Gasteiger partial charge on any atom is -0.292 e. The molecule has 5 nitrogen and oxygen atoms in total. The van der Waals surface area contributed by atoms with Crippen molar-refractivity contribution >= 4 is 32.6 Å². The summed E-state index contributed by atoms with van der Waals surface area (Å²) in [5.41, 5.74) is 7.76. The number of aryl methyl sites for hydroxylation is 1. The fourth-order valence-electron chi connectivity index (χ4n) is 6.04. The van der Waals surface area contributed by atoms with Crippen molar-refractivity contribution in [2.45, 2.75) is 0 Å². The highest BCUT2D eigenvalue weighted by atomic mass is 15.1. The Morgan fingerprint density at radius 2 is 1.24 bits per heavy atom. The van der Waals surface area contributed by atoms with Gasteiger partial charge >= 0.3 is 0 Å². The van der Waals surface area contributed by atoms with Crippen molar-refractivity contribution in [1.29, 1.82) is 0 Å². The molecule has 8 rings (SSSR count). The molecule has 194 valence electrons. The SMILES string of the molecule is C[n+]1ccn(-c2c3ccccc3c(-c3ccc(-c4nc5ccccc5n4-c4ccncc4)cc3)c3ccccc23)c1. The van der Waals surface area contributed by atoms with Gasteiger partial charge in [0.15, 0.2) is 0 Å². The zero-order chi connectivity index (χ0) is 27.3. The molecule has 0 bridgehead atoms. The highest BCUT2D eigenvalue weighted by Crippen LogP contribution is 2.41. The minimum atomic E-state index is 0.912. The van der Waals surface area contributed by atoms with Crippen LogP contribution >= 0.6 is 0 Å². The Hall–Kier alpha value is -5.55. The molecule has 41 heavy (non-hydrogen) atoms. The number of pyridine rings is 1. The number of hydrogen-bond acceptors (Lipinski definition) is 2. The van der Waals surface area contributed by atoms with Crippen LogP contribution in [0.2, 0.25) is 0 Å². The van der Waals surface area contributed by atoms with E-state index >= 15 is 0 Å². The molecule has 8 aromatic rings. The van der Waals surface area contributed by atoms with Gasteiger partial charge in [0.25, 0.3) is 0 Å². The summed E-state index contributed by atoms with van der Waals surface area (Å²) < 4.78 is 6.51. The lowest BCUT2D eigenvalue weighted by Gasteiger charge is -2.15. The molecule has 0 aliphatic heterocycles. The van der Waals surface area contributed by atoms with E-state index in [1.165, 1.54) is 38.4 Å². The first kappa shape index (κ1) is 23.3. The summed E-state index contributed by atoms with van der Waals surface area (Å²) >= 11 is 0. The first-order valence-electron chi connectivity index (χ1n) is 13.7. The Labute approximate surface area is 237 Å². The van der Waals surface area contributed by atoms with Crippen molar-refractivity contribution in [3.05, 3.63) is 140 Å². The second-order valence-electron chi connectivity index (χ2n) is 10.3. The van der Waals surface area contributed by atoms with Crippen molar-refractivity contribution in [1.82, 2.24) is 19.1 Å². The molecule has 5 aromatic carbocycles. The fourth-order valence-corrected chi connectivity index (χ4v) is 6.04. The van der Waals surface area contributed by atoms with Gasteiger partial charge in [-0.1, -0.05) is 84.9 Å². The molecule has 0 radical (unpaired) electrons.